The van der Waals surface area contributed by atoms with Gasteiger partial charge in [0.2, 0.25) is 11.8 Å². The van der Waals surface area contributed by atoms with E-state index in [1.165, 1.54) is 6.33 Å². The van der Waals surface area contributed by atoms with Crippen molar-refractivity contribution in [3.05, 3.63) is 53.8 Å². The Hall–Kier alpha value is -3.07. The van der Waals surface area contributed by atoms with E-state index in [2.05, 4.69) is 20.3 Å². The number of carbonyl (C=O) groups excluding carboxylic acids is 1. The highest BCUT2D eigenvalue weighted by Crippen LogP contribution is 2.32. The number of aromatic nitrogens is 5. The van der Waals surface area contributed by atoms with Crippen LogP contribution >= 0.6 is 0 Å². The second-order valence-electron chi connectivity index (χ2n) is 7.62. The monoisotopic (exact) mass is 395 g/mol. The lowest BCUT2D eigenvalue weighted by atomic mass is 9.99. The molecule has 0 spiro atoms. The number of piperidine rings is 1. The van der Waals surface area contributed by atoms with Crippen LogP contribution in [0, 0.1) is 6.92 Å². The molecule has 0 bridgehead atoms. The van der Waals surface area contributed by atoms with Crippen molar-refractivity contribution in [2.24, 2.45) is 0 Å². The van der Waals surface area contributed by atoms with Crippen molar-refractivity contribution < 1.29 is 9.21 Å². The molecule has 0 aliphatic carbocycles. The van der Waals surface area contributed by atoms with Gasteiger partial charge in [0.05, 0.1) is 12.2 Å². The van der Waals surface area contributed by atoms with Crippen molar-refractivity contribution in [3.63, 3.8) is 0 Å². The molecule has 0 radical (unpaired) electrons. The van der Waals surface area contributed by atoms with Gasteiger partial charge in [-0.15, -0.1) is 10.2 Å². The molecule has 4 rings (SSSR count). The standard InChI is InChI=1S/C20H25N7O2/c1-14-10-15(27-13-21-12-22-27)7-8-16(14)20(28)26-9-5-4-6-17(26)19-24-23-18(29-19)11-25(2)3/h7-8,10,12-13,17H,4-6,9,11H2,1-3H3/t17-/m0/s1. The molecule has 2 aromatic heterocycles. The molecule has 1 fully saturated rings. The molecule has 1 aliphatic heterocycles. The van der Waals surface area contributed by atoms with Gasteiger partial charge in [-0.05, 0) is 64.0 Å². The van der Waals surface area contributed by atoms with Crippen molar-refractivity contribution in [1.82, 2.24) is 34.8 Å². The summed E-state index contributed by atoms with van der Waals surface area (Å²) in [6, 6.07) is 5.50. The molecule has 0 N–H and O–H groups in total. The molecule has 1 aliphatic rings. The van der Waals surface area contributed by atoms with Crippen LogP contribution in [-0.4, -0.2) is 61.3 Å². The fraction of sp³-hybridized carbons (Fsp3) is 0.450. The zero-order valence-corrected chi connectivity index (χ0v) is 16.9. The van der Waals surface area contributed by atoms with E-state index < -0.39 is 0 Å². The Bertz CT molecular complexity index is 981. The molecule has 0 saturated carbocycles. The van der Waals surface area contributed by atoms with E-state index in [0.29, 0.717) is 30.4 Å². The van der Waals surface area contributed by atoms with E-state index in [4.69, 9.17) is 4.42 Å². The van der Waals surface area contributed by atoms with Gasteiger partial charge in [-0.2, -0.15) is 5.10 Å². The van der Waals surface area contributed by atoms with Crippen LogP contribution in [-0.2, 0) is 6.54 Å². The van der Waals surface area contributed by atoms with Crippen LogP contribution in [0.3, 0.4) is 0 Å². The minimum Gasteiger partial charge on any atom is -0.422 e. The third kappa shape index (κ3) is 4.04. The van der Waals surface area contributed by atoms with Crippen LogP contribution in [0.25, 0.3) is 5.69 Å². The first-order valence-electron chi connectivity index (χ1n) is 9.76. The molecule has 3 aromatic rings. The number of amides is 1. The van der Waals surface area contributed by atoms with E-state index in [1.54, 1.807) is 11.0 Å². The fourth-order valence-corrected chi connectivity index (χ4v) is 3.69. The normalized spacial score (nSPS) is 17.1. The van der Waals surface area contributed by atoms with Crippen molar-refractivity contribution in [1.29, 1.82) is 0 Å². The van der Waals surface area contributed by atoms with Crippen molar-refractivity contribution >= 4 is 5.91 Å². The quantitative estimate of drug-likeness (QED) is 0.655. The smallest absolute Gasteiger partial charge is 0.254 e. The molecule has 152 valence electrons. The number of hydrogen-bond donors (Lipinski definition) is 0. The largest absolute Gasteiger partial charge is 0.422 e. The molecular weight excluding hydrogens is 370 g/mol. The van der Waals surface area contributed by atoms with Gasteiger partial charge in [-0.1, -0.05) is 0 Å². The van der Waals surface area contributed by atoms with Crippen molar-refractivity contribution in [2.75, 3.05) is 20.6 Å². The first-order chi connectivity index (χ1) is 14.0. The number of aryl methyl sites for hydroxylation is 1. The van der Waals surface area contributed by atoms with Crippen LogP contribution in [0.2, 0.25) is 0 Å². The molecule has 1 atom stereocenters. The molecular formula is C20H25N7O2. The molecule has 1 aromatic carbocycles. The van der Waals surface area contributed by atoms with Crippen LogP contribution in [0.1, 0.15) is 53.0 Å². The van der Waals surface area contributed by atoms with Crippen LogP contribution in [0.4, 0.5) is 0 Å². The minimum atomic E-state index is -0.186. The maximum atomic E-state index is 13.4. The summed E-state index contributed by atoms with van der Waals surface area (Å²) in [5.74, 6) is 1.08. The highest BCUT2D eigenvalue weighted by Gasteiger charge is 2.33. The Morgan fingerprint density at radius 2 is 2.14 bits per heavy atom. The van der Waals surface area contributed by atoms with E-state index in [9.17, 15) is 4.79 Å². The number of rotatable bonds is 5. The van der Waals surface area contributed by atoms with E-state index >= 15 is 0 Å². The Morgan fingerprint density at radius 1 is 1.28 bits per heavy atom. The van der Waals surface area contributed by atoms with Crippen molar-refractivity contribution in [2.45, 2.75) is 38.8 Å². The summed E-state index contributed by atoms with van der Waals surface area (Å²) >= 11 is 0. The summed E-state index contributed by atoms with van der Waals surface area (Å²) in [6.07, 6.45) is 5.95. The lowest BCUT2D eigenvalue weighted by molar-refractivity contribution is 0.0568. The summed E-state index contributed by atoms with van der Waals surface area (Å²) in [5.41, 5.74) is 2.44. The van der Waals surface area contributed by atoms with Crippen LogP contribution in [0.5, 0.6) is 0 Å². The Morgan fingerprint density at radius 3 is 2.86 bits per heavy atom. The second kappa shape index (κ2) is 8.12. The summed E-state index contributed by atoms with van der Waals surface area (Å²) in [5, 5.41) is 12.5. The SMILES string of the molecule is Cc1cc(-n2cncn2)ccc1C(=O)N1CCCC[C@H]1c1nnc(CN(C)C)o1. The molecule has 9 heteroatoms. The van der Waals surface area contributed by atoms with E-state index in [0.717, 1.165) is 30.5 Å². The van der Waals surface area contributed by atoms with E-state index in [1.807, 2.05) is 49.0 Å². The Balaban J connectivity index is 1.58. The van der Waals surface area contributed by atoms with Gasteiger partial charge in [-0.3, -0.25) is 4.79 Å². The van der Waals surface area contributed by atoms with Gasteiger partial charge in [-0.25, -0.2) is 9.67 Å². The lowest BCUT2D eigenvalue weighted by Gasteiger charge is -2.34. The molecule has 0 unspecified atom stereocenters. The Kier molecular flexibility index (Phi) is 5.39. The highest BCUT2D eigenvalue weighted by atomic mass is 16.4. The van der Waals surface area contributed by atoms with Gasteiger partial charge >= 0.3 is 0 Å². The lowest BCUT2D eigenvalue weighted by Crippen LogP contribution is -2.39. The third-order valence-electron chi connectivity index (χ3n) is 5.11. The zero-order valence-electron chi connectivity index (χ0n) is 16.9. The summed E-state index contributed by atoms with van der Waals surface area (Å²) in [7, 11) is 3.90. The molecule has 3 heterocycles. The van der Waals surface area contributed by atoms with Gasteiger partial charge < -0.3 is 14.2 Å². The van der Waals surface area contributed by atoms with Crippen LogP contribution < -0.4 is 0 Å². The van der Waals surface area contributed by atoms with Gasteiger partial charge in [0, 0.05) is 12.1 Å². The fourth-order valence-electron chi connectivity index (χ4n) is 3.69. The first kappa shape index (κ1) is 19.3. The summed E-state index contributed by atoms with van der Waals surface area (Å²) in [6.45, 7) is 3.20. The first-order valence-corrected chi connectivity index (χ1v) is 9.76. The molecule has 1 amide bonds. The predicted molar refractivity (Wildman–Crippen MR) is 105 cm³/mol. The maximum Gasteiger partial charge on any atom is 0.254 e. The van der Waals surface area contributed by atoms with E-state index in [-0.39, 0.29) is 11.9 Å². The number of benzene rings is 1. The van der Waals surface area contributed by atoms with Gasteiger partial charge in [0.1, 0.15) is 18.7 Å². The topological polar surface area (TPSA) is 93.2 Å². The number of nitrogens with zero attached hydrogens (tertiary/aromatic N) is 7. The maximum absolute atomic E-state index is 13.4. The number of hydrogen-bond acceptors (Lipinski definition) is 7. The number of likely N-dealkylation sites (tertiary alicyclic amines) is 1. The van der Waals surface area contributed by atoms with Gasteiger partial charge in [0.15, 0.2) is 0 Å². The van der Waals surface area contributed by atoms with Crippen LogP contribution in [0.15, 0.2) is 35.3 Å². The molecule has 9 nitrogen and oxygen atoms in total. The highest BCUT2D eigenvalue weighted by molar-refractivity contribution is 5.96. The number of carbonyl (C=O) groups is 1. The minimum absolute atomic E-state index is 0.00954. The summed E-state index contributed by atoms with van der Waals surface area (Å²) in [4.78, 5) is 21.2. The zero-order chi connectivity index (χ0) is 20.4. The molecule has 1 saturated heterocycles. The molecule has 29 heavy (non-hydrogen) atoms. The Labute approximate surface area is 169 Å². The second-order valence-corrected chi connectivity index (χ2v) is 7.62. The summed E-state index contributed by atoms with van der Waals surface area (Å²) < 4.78 is 7.55. The van der Waals surface area contributed by atoms with Crippen molar-refractivity contribution in [3.8, 4) is 5.69 Å². The third-order valence-corrected chi connectivity index (χ3v) is 5.11. The van der Waals surface area contributed by atoms with Gasteiger partial charge in [0.25, 0.3) is 5.91 Å². The average Bonchev–Trinajstić information content (AvgIpc) is 3.39. The average molecular weight is 395 g/mol. The predicted octanol–water partition coefficient (Wildman–Crippen LogP) is 2.39.